The minimum atomic E-state index is -0.161. The molecule has 1 fully saturated rings. The molecule has 1 amide bonds. The van der Waals surface area contributed by atoms with Crippen LogP contribution in [0.4, 0.5) is 0 Å². The van der Waals surface area contributed by atoms with Gasteiger partial charge in [0, 0.05) is 32.7 Å². The second-order valence-electron chi connectivity index (χ2n) is 8.06. The van der Waals surface area contributed by atoms with Crippen LogP contribution in [-0.4, -0.2) is 39.6 Å². The van der Waals surface area contributed by atoms with Crippen molar-refractivity contribution in [1.29, 1.82) is 0 Å². The van der Waals surface area contributed by atoms with E-state index in [0.29, 0.717) is 18.6 Å². The van der Waals surface area contributed by atoms with Crippen molar-refractivity contribution < 1.29 is 4.79 Å². The monoisotopic (exact) mass is 407 g/mol. The van der Waals surface area contributed by atoms with Gasteiger partial charge in [-0.1, -0.05) is 42.5 Å². The standard InChI is InChI=1S/C23H29N5O2/c1-26(14-8-11-18-15-19(25-24-18)17-9-4-3-5-10-17)22(29)16-28-21-13-7-6-12-20(21)27(2)23(28)30/h3-7,9-10,12-13,18-19,24-25H,8,11,14-16H2,1-2H3. The Morgan fingerprint density at radius 2 is 1.77 bits per heavy atom. The van der Waals surface area contributed by atoms with E-state index in [1.54, 1.807) is 21.1 Å². The third-order valence-electron chi connectivity index (χ3n) is 6.00. The van der Waals surface area contributed by atoms with Crippen LogP contribution in [0.15, 0.2) is 59.4 Å². The molecule has 158 valence electrons. The number of carbonyl (C=O) groups is 1. The van der Waals surface area contributed by atoms with E-state index in [2.05, 4.69) is 35.1 Å². The summed E-state index contributed by atoms with van der Waals surface area (Å²) in [4.78, 5) is 27.0. The van der Waals surface area contributed by atoms with E-state index in [1.165, 1.54) is 5.56 Å². The summed E-state index contributed by atoms with van der Waals surface area (Å²) in [6.45, 7) is 0.739. The van der Waals surface area contributed by atoms with Crippen LogP contribution in [0.2, 0.25) is 0 Å². The van der Waals surface area contributed by atoms with Crippen molar-refractivity contribution in [3.05, 3.63) is 70.6 Å². The lowest BCUT2D eigenvalue weighted by Crippen LogP contribution is -2.35. The molecule has 2 atom stereocenters. The first-order valence-electron chi connectivity index (χ1n) is 10.5. The maximum Gasteiger partial charge on any atom is 0.329 e. The molecule has 0 spiro atoms. The molecule has 0 bridgehead atoms. The first-order valence-corrected chi connectivity index (χ1v) is 10.5. The molecule has 2 heterocycles. The van der Waals surface area contributed by atoms with Crippen molar-refractivity contribution in [3.8, 4) is 0 Å². The van der Waals surface area contributed by atoms with E-state index in [-0.39, 0.29) is 18.1 Å². The predicted octanol–water partition coefficient (Wildman–Crippen LogP) is 2.19. The highest BCUT2D eigenvalue weighted by Gasteiger charge is 2.24. The lowest BCUT2D eigenvalue weighted by molar-refractivity contribution is -0.130. The zero-order chi connectivity index (χ0) is 21.1. The Balaban J connectivity index is 1.28. The Bertz CT molecular complexity index is 1070. The summed E-state index contributed by atoms with van der Waals surface area (Å²) in [6, 6.07) is 18.7. The molecule has 1 aliphatic heterocycles. The van der Waals surface area contributed by atoms with Crippen LogP contribution < -0.4 is 16.5 Å². The van der Waals surface area contributed by atoms with Gasteiger partial charge in [0.05, 0.1) is 11.0 Å². The van der Waals surface area contributed by atoms with Gasteiger partial charge in [-0.25, -0.2) is 4.79 Å². The van der Waals surface area contributed by atoms with Gasteiger partial charge in [0.25, 0.3) is 0 Å². The van der Waals surface area contributed by atoms with Crippen LogP contribution >= 0.6 is 0 Å². The Morgan fingerprint density at radius 1 is 1.07 bits per heavy atom. The van der Waals surface area contributed by atoms with E-state index in [1.807, 2.05) is 37.4 Å². The molecule has 0 aliphatic carbocycles. The molecule has 0 saturated carbocycles. The van der Waals surface area contributed by atoms with Crippen LogP contribution in [0.25, 0.3) is 11.0 Å². The number of hydrazine groups is 1. The van der Waals surface area contributed by atoms with Gasteiger partial charge < -0.3 is 4.90 Å². The van der Waals surface area contributed by atoms with Gasteiger partial charge >= 0.3 is 5.69 Å². The number of hydrogen-bond donors (Lipinski definition) is 2. The molecule has 1 saturated heterocycles. The molecule has 3 aromatic rings. The molecule has 7 nitrogen and oxygen atoms in total. The quantitative estimate of drug-likeness (QED) is 0.630. The SMILES string of the molecule is CN(CCCC1CC(c2ccccc2)NN1)C(=O)Cn1c(=O)n(C)c2ccccc21. The van der Waals surface area contributed by atoms with Crippen LogP contribution in [0, 0.1) is 0 Å². The van der Waals surface area contributed by atoms with Gasteiger partial charge in [-0.15, -0.1) is 0 Å². The molecule has 0 radical (unpaired) electrons. The second kappa shape index (κ2) is 8.85. The number of para-hydroxylation sites is 2. The number of aryl methyl sites for hydroxylation is 1. The predicted molar refractivity (Wildman–Crippen MR) is 118 cm³/mol. The second-order valence-corrected chi connectivity index (χ2v) is 8.06. The maximum absolute atomic E-state index is 12.7. The number of benzene rings is 2. The highest BCUT2D eigenvalue weighted by Crippen LogP contribution is 2.23. The molecular formula is C23H29N5O2. The number of nitrogens with one attached hydrogen (secondary N) is 2. The average Bonchev–Trinajstić information content (AvgIpc) is 3.34. The summed E-state index contributed by atoms with van der Waals surface area (Å²) in [5.74, 6) is -0.0480. The number of amides is 1. The van der Waals surface area contributed by atoms with Crippen LogP contribution in [-0.2, 0) is 18.4 Å². The zero-order valence-electron chi connectivity index (χ0n) is 17.5. The van der Waals surface area contributed by atoms with Crippen molar-refractivity contribution in [2.45, 2.75) is 37.9 Å². The van der Waals surface area contributed by atoms with E-state index < -0.39 is 0 Å². The number of likely N-dealkylation sites (N-methyl/N-ethyl adjacent to an activating group) is 1. The number of aromatic nitrogens is 2. The summed E-state index contributed by atoms with van der Waals surface area (Å²) in [7, 11) is 3.55. The van der Waals surface area contributed by atoms with E-state index in [0.717, 1.165) is 30.3 Å². The molecule has 2 N–H and O–H groups in total. The molecule has 7 heteroatoms. The number of rotatable bonds is 7. The third kappa shape index (κ3) is 4.17. The first-order chi connectivity index (χ1) is 14.5. The number of hydrogen-bond acceptors (Lipinski definition) is 4. The summed E-state index contributed by atoms with van der Waals surface area (Å²) >= 11 is 0. The number of carbonyl (C=O) groups excluding carboxylic acids is 1. The topological polar surface area (TPSA) is 71.3 Å². The lowest BCUT2D eigenvalue weighted by atomic mass is 10.00. The van der Waals surface area contributed by atoms with Gasteiger partial charge in [0.1, 0.15) is 6.54 Å². The average molecular weight is 408 g/mol. The molecular weight excluding hydrogens is 378 g/mol. The van der Waals surface area contributed by atoms with Gasteiger partial charge in [0.15, 0.2) is 0 Å². The maximum atomic E-state index is 12.7. The van der Waals surface area contributed by atoms with E-state index >= 15 is 0 Å². The van der Waals surface area contributed by atoms with Crippen molar-refractivity contribution in [1.82, 2.24) is 24.9 Å². The fourth-order valence-electron chi connectivity index (χ4n) is 4.19. The highest BCUT2D eigenvalue weighted by molar-refractivity contribution is 5.80. The Morgan fingerprint density at radius 3 is 2.53 bits per heavy atom. The highest BCUT2D eigenvalue weighted by atomic mass is 16.2. The van der Waals surface area contributed by atoms with Crippen LogP contribution in [0.5, 0.6) is 0 Å². The molecule has 1 aromatic heterocycles. The Labute approximate surface area is 176 Å². The van der Waals surface area contributed by atoms with Crippen molar-refractivity contribution >= 4 is 16.9 Å². The van der Waals surface area contributed by atoms with E-state index in [4.69, 9.17) is 0 Å². The zero-order valence-corrected chi connectivity index (χ0v) is 17.5. The summed E-state index contributed by atoms with van der Waals surface area (Å²) in [6.07, 6.45) is 2.93. The van der Waals surface area contributed by atoms with Crippen molar-refractivity contribution in [2.24, 2.45) is 7.05 Å². The smallest absolute Gasteiger partial charge is 0.329 e. The van der Waals surface area contributed by atoms with E-state index in [9.17, 15) is 9.59 Å². The fourth-order valence-corrected chi connectivity index (χ4v) is 4.19. The summed E-state index contributed by atoms with van der Waals surface area (Å²) in [5.41, 5.74) is 9.51. The lowest BCUT2D eigenvalue weighted by Gasteiger charge is -2.18. The van der Waals surface area contributed by atoms with Crippen LogP contribution in [0.3, 0.4) is 0 Å². The van der Waals surface area contributed by atoms with Gasteiger partial charge in [-0.05, 0) is 37.0 Å². The minimum absolute atomic E-state index is 0.0480. The van der Waals surface area contributed by atoms with Gasteiger partial charge in [-0.2, -0.15) is 0 Å². The molecule has 4 rings (SSSR count). The minimum Gasteiger partial charge on any atom is -0.344 e. The fraction of sp³-hybridized carbons (Fsp3) is 0.391. The Kier molecular flexibility index (Phi) is 6.01. The van der Waals surface area contributed by atoms with Gasteiger partial charge in [-0.3, -0.25) is 24.8 Å². The number of fused-ring (bicyclic) bond motifs is 1. The van der Waals surface area contributed by atoms with Crippen molar-refractivity contribution in [3.63, 3.8) is 0 Å². The molecule has 30 heavy (non-hydrogen) atoms. The molecule has 2 aromatic carbocycles. The summed E-state index contributed by atoms with van der Waals surface area (Å²) < 4.78 is 3.14. The Hall–Kier alpha value is -2.90. The van der Waals surface area contributed by atoms with Crippen molar-refractivity contribution in [2.75, 3.05) is 13.6 Å². The number of nitrogens with zero attached hydrogens (tertiary/aromatic N) is 3. The third-order valence-corrected chi connectivity index (χ3v) is 6.00. The summed E-state index contributed by atoms with van der Waals surface area (Å²) in [5, 5.41) is 0. The number of imidazole rings is 1. The van der Waals surface area contributed by atoms with Gasteiger partial charge in [0.2, 0.25) is 5.91 Å². The normalized spacial score (nSPS) is 18.7. The molecule has 1 aliphatic rings. The largest absolute Gasteiger partial charge is 0.344 e. The first kappa shape index (κ1) is 20.4. The van der Waals surface area contributed by atoms with Crippen LogP contribution in [0.1, 0.15) is 30.9 Å². The molecule has 2 unspecified atom stereocenters.